The Kier molecular flexibility index (Phi) is 16.8. The predicted octanol–water partition coefficient (Wildman–Crippen LogP) is 14.1. The van der Waals surface area contributed by atoms with Gasteiger partial charge in [-0.2, -0.15) is 127 Å². The topological polar surface area (TPSA) is 51.2 Å². The average molecular weight is 1160 g/mol. The maximum atomic E-state index is 14.2. The SMILES string of the molecule is C[S+](C)(=O)CC(=O)c1ccccc1C(=O)c1ccccc1.FC(F)(F)c1cc([B-](c2cc(C(F)(F)F)cc(C(F)(F)F)c2)(c2cc(C(F)(F)F)cc(C(F)(F)F)c2)c2cc(C(F)(F)F)cc(C(F)(F)F)c2)cc(C(F)(F)F)c1. The molecule has 420 valence electrons. The second-order valence-corrected chi connectivity index (χ2v) is 20.6. The van der Waals surface area contributed by atoms with Gasteiger partial charge < -0.3 is 0 Å². The number of ketones is 2. The van der Waals surface area contributed by atoms with E-state index in [0.717, 1.165) is 0 Å². The summed E-state index contributed by atoms with van der Waals surface area (Å²) >= 11 is 0. The number of carbonyl (C=O) groups excluding carboxylic acids is 2. The molecule has 0 aliphatic rings. The average Bonchev–Trinajstić information content (AvgIpc) is 3.29. The molecule has 0 saturated heterocycles. The number of halogens is 24. The molecular formula is C49H29BF24O3S. The Morgan fingerprint density at radius 3 is 0.782 bits per heavy atom. The molecule has 0 radical (unpaired) electrons. The number of carbonyl (C=O) groups is 2. The van der Waals surface area contributed by atoms with Crippen LogP contribution in [0.2, 0.25) is 0 Å². The van der Waals surface area contributed by atoms with Gasteiger partial charge in [-0.25, -0.2) is 0 Å². The van der Waals surface area contributed by atoms with Crippen molar-refractivity contribution in [3.63, 3.8) is 0 Å². The van der Waals surface area contributed by atoms with E-state index in [1.165, 1.54) is 0 Å². The second-order valence-electron chi connectivity index (χ2n) is 17.5. The highest BCUT2D eigenvalue weighted by atomic mass is 32.2. The summed E-state index contributed by atoms with van der Waals surface area (Å²) in [7, 11) is -2.19. The van der Waals surface area contributed by atoms with Crippen LogP contribution in [0.1, 0.15) is 70.8 Å². The van der Waals surface area contributed by atoms with E-state index < -0.39 is 205 Å². The van der Waals surface area contributed by atoms with E-state index in [1.807, 2.05) is 6.07 Å². The van der Waals surface area contributed by atoms with Gasteiger partial charge in [0.2, 0.25) is 5.78 Å². The number of rotatable bonds is 9. The summed E-state index contributed by atoms with van der Waals surface area (Å²) in [6.07, 6.45) is -51.7. The van der Waals surface area contributed by atoms with Crippen molar-refractivity contribution in [2.24, 2.45) is 0 Å². The summed E-state index contributed by atoms with van der Waals surface area (Å²) in [5.41, 5.74) is -29.0. The first-order valence-electron chi connectivity index (χ1n) is 21.1. The largest absolute Gasteiger partial charge is 0.416 e. The standard InChI is InChI=1S/C32H12BF24.C17H17O3S/c34-25(35,36)13-1-14(26(37,38)39)6-21(5-13)33(22-7-15(27(40,41)42)2-16(8-22)28(43,44)45,23-9-17(29(46,47)48)3-18(10-23)30(49,50)51)24-11-19(31(52,53)54)4-20(12-24)32(55,56)57;1-21(2,20)12-16(18)14-10-6-7-11-15(14)17(19)13-8-4-3-5-9-13/h1-12H;3-11H,12H2,1-2H3/q-1;+1. The van der Waals surface area contributed by atoms with Gasteiger partial charge in [0.1, 0.15) is 18.7 Å². The second kappa shape index (κ2) is 21.1. The Morgan fingerprint density at radius 2 is 0.564 bits per heavy atom. The molecule has 0 saturated carbocycles. The first-order chi connectivity index (χ1) is 35.1. The molecule has 6 aromatic rings. The minimum atomic E-state index is -6.13. The van der Waals surface area contributed by atoms with E-state index in [9.17, 15) is 119 Å². The van der Waals surface area contributed by atoms with Gasteiger partial charge in [-0.15, -0.1) is 4.21 Å². The van der Waals surface area contributed by atoms with Crippen molar-refractivity contribution in [1.82, 2.24) is 0 Å². The van der Waals surface area contributed by atoms with E-state index in [0.29, 0.717) is 16.7 Å². The summed E-state index contributed by atoms with van der Waals surface area (Å²) < 4.78 is 353. The van der Waals surface area contributed by atoms with Crippen molar-refractivity contribution >= 4 is 49.5 Å². The zero-order chi connectivity index (χ0) is 59.4. The van der Waals surface area contributed by atoms with Gasteiger partial charge in [0.25, 0.3) is 0 Å². The normalized spacial score (nSPS) is 13.5. The molecule has 0 unspecified atom stereocenters. The third-order valence-corrected chi connectivity index (χ3v) is 12.4. The van der Waals surface area contributed by atoms with Gasteiger partial charge in [0.05, 0.1) is 54.4 Å². The monoisotopic (exact) mass is 1160 g/mol. The van der Waals surface area contributed by atoms with Crippen molar-refractivity contribution in [2.45, 2.75) is 49.4 Å². The minimum absolute atomic E-state index is 0.0495. The number of benzene rings is 6. The molecule has 78 heavy (non-hydrogen) atoms. The van der Waals surface area contributed by atoms with Crippen LogP contribution in [0.25, 0.3) is 0 Å². The molecular weight excluding hydrogens is 1140 g/mol. The Balaban J connectivity index is 0.000000443. The summed E-state index contributed by atoms with van der Waals surface area (Å²) in [5.74, 6) is -0.505. The van der Waals surface area contributed by atoms with Gasteiger partial charge in [0.15, 0.2) is 11.5 Å². The van der Waals surface area contributed by atoms with E-state index in [4.69, 9.17) is 0 Å². The zero-order valence-corrected chi connectivity index (χ0v) is 39.4. The molecule has 6 rings (SSSR count). The van der Waals surface area contributed by atoms with Crippen LogP contribution in [0.3, 0.4) is 0 Å². The van der Waals surface area contributed by atoms with Crippen LogP contribution in [0, 0.1) is 0 Å². The summed E-state index contributed by atoms with van der Waals surface area (Å²) in [6.45, 7) is 0. The zero-order valence-electron chi connectivity index (χ0n) is 38.6. The van der Waals surface area contributed by atoms with Gasteiger partial charge in [0, 0.05) is 16.7 Å². The molecule has 6 aromatic carbocycles. The third kappa shape index (κ3) is 14.5. The minimum Gasteiger partial charge on any atom is -0.289 e. The van der Waals surface area contributed by atoms with E-state index in [2.05, 4.69) is 0 Å². The molecule has 29 heteroatoms. The highest BCUT2D eigenvalue weighted by Crippen LogP contribution is 2.41. The van der Waals surface area contributed by atoms with Crippen molar-refractivity contribution in [2.75, 3.05) is 18.3 Å². The predicted molar refractivity (Wildman–Crippen MR) is 235 cm³/mol. The number of hydrogen-bond donors (Lipinski definition) is 0. The fraction of sp³-hybridized carbons (Fsp3) is 0.224. The van der Waals surface area contributed by atoms with Gasteiger partial charge in [-0.05, 0) is 24.3 Å². The summed E-state index contributed by atoms with van der Waals surface area (Å²) in [5, 5.41) is 0. The Morgan fingerprint density at radius 1 is 0.346 bits per heavy atom. The molecule has 0 amide bonds. The molecule has 0 heterocycles. The Labute approximate surface area is 424 Å². The van der Waals surface area contributed by atoms with Crippen molar-refractivity contribution in [3.05, 3.63) is 189 Å². The smallest absolute Gasteiger partial charge is 0.289 e. The summed E-state index contributed by atoms with van der Waals surface area (Å²) in [6, 6.07) is 6.69. The van der Waals surface area contributed by atoms with Crippen LogP contribution < -0.4 is 21.9 Å². The van der Waals surface area contributed by atoms with Crippen LogP contribution in [-0.2, 0) is 63.6 Å². The number of alkyl halides is 24. The van der Waals surface area contributed by atoms with E-state index in [1.54, 1.807) is 61.0 Å². The highest BCUT2D eigenvalue weighted by Gasteiger charge is 2.47. The molecule has 0 fully saturated rings. The molecule has 0 spiro atoms. The molecule has 0 atom stereocenters. The Bertz CT molecular complexity index is 2810. The first kappa shape index (κ1) is 62.0. The van der Waals surface area contributed by atoms with Crippen LogP contribution >= 0.6 is 0 Å². The molecule has 0 aliphatic carbocycles. The van der Waals surface area contributed by atoms with Crippen LogP contribution in [0.15, 0.2) is 127 Å². The maximum absolute atomic E-state index is 14.2. The molecule has 0 bridgehead atoms. The maximum Gasteiger partial charge on any atom is 0.416 e. The fourth-order valence-corrected chi connectivity index (χ4v) is 8.92. The van der Waals surface area contributed by atoms with Crippen LogP contribution in [0.5, 0.6) is 0 Å². The lowest BCUT2D eigenvalue weighted by Gasteiger charge is -2.46. The first-order valence-corrected chi connectivity index (χ1v) is 23.7. The third-order valence-electron chi connectivity index (χ3n) is 11.4. The van der Waals surface area contributed by atoms with Crippen molar-refractivity contribution < 1.29 is 119 Å². The van der Waals surface area contributed by atoms with Gasteiger partial charge in [-0.1, -0.05) is 103 Å². The van der Waals surface area contributed by atoms with Gasteiger partial charge in [-0.3, -0.25) is 9.59 Å². The van der Waals surface area contributed by atoms with Crippen LogP contribution in [0.4, 0.5) is 105 Å². The molecule has 3 nitrogen and oxygen atoms in total. The fourth-order valence-electron chi connectivity index (χ4n) is 8.13. The lowest BCUT2D eigenvalue weighted by molar-refractivity contribution is -0.144. The number of hydrogen-bond acceptors (Lipinski definition) is 3. The van der Waals surface area contributed by atoms with Crippen molar-refractivity contribution in [1.29, 1.82) is 0 Å². The lowest BCUT2D eigenvalue weighted by atomic mass is 9.12. The van der Waals surface area contributed by atoms with E-state index in [-0.39, 0.29) is 17.3 Å². The lowest BCUT2D eigenvalue weighted by Crippen LogP contribution is -2.75. The van der Waals surface area contributed by atoms with Gasteiger partial charge >= 0.3 is 49.4 Å². The molecule has 0 aliphatic heterocycles. The highest BCUT2D eigenvalue weighted by molar-refractivity contribution is 8.02. The van der Waals surface area contributed by atoms with Crippen molar-refractivity contribution in [3.8, 4) is 0 Å². The number of Topliss-reactive ketones (excluding diaryl/α,β-unsaturated/α-hetero) is 1. The van der Waals surface area contributed by atoms with E-state index >= 15 is 0 Å². The van der Waals surface area contributed by atoms with Crippen LogP contribution in [-0.4, -0.2) is 36.0 Å². The Hall–Kier alpha value is -6.81. The quantitative estimate of drug-likeness (QED) is 0.0627. The molecule has 0 aromatic heterocycles. The summed E-state index contributed by atoms with van der Waals surface area (Å²) in [4.78, 5) is 24.8. The molecule has 0 N–H and O–H groups in total.